The van der Waals surface area contributed by atoms with Gasteiger partial charge < -0.3 is 4.74 Å². The van der Waals surface area contributed by atoms with Crippen molar-refractivity contribution in [3.8, 4) is 5.75 Å². The summed E-state index contributed by atoms with van der Waals surface area (Å²) < 4.78 is 18.8. The first kappa shape index (κ1) is 19.0. The minimum Gasteiger partial charge on any atom is -0.423 e. The standard InChI is InChI=1S/C22H17FN2O3/c1-15-6-2-3-7-18(15)21(26)25-24-14-16-10-12-17(13-11-16)28-22(27)19-8-4-5-9-20(19)23/h2-14H,1H3,(H,25,26)/b24-14-. The van der Waals surface area contributed by atoms with Gasteiger partial charge in [0.15, 0.2) is 0 Å². The first-order valence-corrected chi connectivity index (χ1v) is 8.50. The summed E-state index contributed by atoms with van der Waals surface area (Å²) >= 11 is 0. The summed E-state index contributed by atoms with van der Waals surface area (Å²) in [6.07, 6.45) is 1.47. The molecule has 6 heteroatoms. The first-order valence-electron chi connectivity index (χ1n) is 8.50. The maximum Gasteiger partial charge on any atom is 0.346 e. The molecule has 0 bridgehead atoms. The molecule has 0 radical (unpaired) electrons. The average molecular weight is 376 g/mol. The Kier molecular flexibility index (Phi) is 5.91. The monoisotopic (exact) mass is 376 g/mol. The number of hydrazone groups is 1. The molecule has 3 rings (SSSR count). The van der Waals surface area contributed by atoms with Crippen molar-refractivity contribution < 1.29 is 18.7 Å². The van der Waals surface area contributed by atoms with E-state index < -0.39 is 11.8 Å². The van der Waals surface area contributed by atoms with Crippen LogP contribution in [0.2, 0.25) is 0 Å². The molecule has 3 aromatic rings. The number of ether oxygens (including phenoxy) is 1. The lowest BCUT2D eigenvalue weighted by Gasteiger charge is -2.05. The fourth-order valence-corrected chi connectivity index (χ4v) is 2.46. The molecule has 5 nitrogen and oxygen atoms in total. The number of halogens is 1. The number of carbonyl (C=O) groups excluding carboxylic acids is 2. The smallest absolute Gasteiger partial charge is 0.346 e. The van der Waals surface area contributed by atoms with Crippen molar-refractivity contribution in [3.63, 3.8) is 0 Å². The van der Waals surface area contributed by atoms with Crippen LogP contribution in [-0.4, -0.2) is 18.1 Å². The summed E-state index contributed by atoms with van der Waals surface area (Å²) in [5, 5.41) is 3.93. The summed E-state index contributed by atoms with van der Waals surface area (Å²) in [5.41, 5.74) is 4.43. The van der Waals surface area contributed by atoms with E-state index in [0.717, 1.165) is 5.56 Å². The quantitative estimate of drug-likeness (QED) is 0.315. The molecule has 0 saturated heterocycles. The van der Waals surface area contributed by atoms with Crippen molar-refractivity contribution in [2.45, 2.75) is 6.92 Å². The van der Waals surface area contributed by atoms with Gasteiger partial charge >= 0.3 is 5.97 Å². The molecule has 0 unspecified atom stereocenters. The Morgan fingerprint density at radius 3 is 2.25 bits per heavy atom. The van der Waals surface area contributed by atoms with E-state index in [1.165, 1.54) is 24.4 Å². The van der Waals surface area contributed by atoms with Gasteiger partial charge in [-0.25, -0.2) is 14.6 Å². The lowest BCUT2D eigenvalue weighted by molar-refractivity contribution is 0.0729. The highest BCUT2D eigenvalue weighted by molar-refractivity contribution is 5.96. The van der Waals surface area contributed by atoms with E-state index in [0.29, 0.717) is 11.1 Å². The Balaban J connectivity index is 1.59. The van der Waals surface area contributed by atoms with Gasteiger partial charge in [0, 0.05) is 5.56 Å². The zero-order chi connectivity index (χ0) is 19.9. The maximum atomic E-state index is 13.6. The molecule has 140 valence electrons. The molecule has 0 aliphatic rings. The number of amides is 1. The number of nitrogens with zero attached hydrogens (tertiary/aromatic N) is 1. The van der Waals surface area contributed by atoms with E-state index in [1.807, 2.05) is 19.1 Å². The molecule has 1 amide bonds. The van der Waals surface area contributed by atoms with Gasteiger partial charge in [0.05, 0.1) is 11.8 Å². The lowest BCUT2D eigenvalue weighted by atomic mass is 10.1. The molecular weight excluding hydrogens is 359 g/mol. The Hall–Kier alpha value is -3.80. The SMILES string of the molecule is Cc1ccccc1C(=O)N/N=C\c1ccc(OC(=O)c2ccccc2F)cc1. The van der Waals surface area contributed by atoms with E-state index in [-0.39, 0.29) is 17.2 Å². The van der Waals surface area contributed by atoms with Crippen LogP contribution in [0.1, 0.15) is 31.8 Å². The topological polar surface area (TPSA) is 67.8 Å². The molecule has 0 aliphatic heterocycles. The summed E-state index contributed by atoms with van der Waals surface area (Å²) in [6.45, 7) is 1.85. The largest absolute Gasteiger partial charge is 0.423 e. The van der Waals surface area contributed by atoms with Gasteiger partial charge in [0.2, 0.25) is 0 Å². The fourth-order valence-electron chi connectivity index (χ4n) is 2.46. The predicted octanol–water partition coefficient (Wildman–Crippen LogP) is 4.12. The van der Waals surface area contributed by atoms with Crippen molar-refractivity contribution >= 4 is 18.1 Å². The number of nitrogens with one attached hydrogen (secondary N) is 1. The molecule has 28 heavy (non-hydrogen) atoms. The second kappa shape index (κ2) is 8.73. The van der Waals surface area contributed by atoms with Crippen LogP contribution in [0.4, 0.5) is 4.39 Å². The van der Waals surface area contributed by atoms with Crippen LogP contribution in [0.15, 0.2) is 77.9 Å². The highest BCUT2D eigenvalue weighted by Gasteiger charge is 2.13. The summed E-state index contributed by atoms with van der Waals surface area (Å²) in [6, 6.07) is 19.3. The van der Waals surface area contributed by atoms with Crippen molar-refractivity contribution in [2.24, 2.45) is 5.10 Å². The van der Waals surface area contributed by atoms with Crippen molar-refractivity contribution in [1.82, 2.24) is 5.43 Å². The zero-order valence-electron chi connectivity index (χ0n) is 15.1. The van der Waals surface area contributed by atoms with Gasteiger partial charge in [-0.1, -0.05) is 30.3 Å². The van der Waals surface area contributed by atoms with Gasteiger partial charge in [0.1, 0.15) is 11.6 Å². The predicted molar refractivity (Wildman–Crippen MR) is 104 cm³/mol. The van der Waals surface area contributed by atoms with Crippen molar-refractivity contribution in [3.05, 3.63) is 101 Å². The van der Waals surface area contributed by atoms with Crippen LogP contribution < -0.4 is 10.2 Å². The Labute approximate surface area is 161 Å². The maximum absolute atomic E-state index is 13.6. The van der Waals surface area contributed by atoms with Gasteiger partial charge in [0.25, 0.3) is 5.91 Å². The number of carbonyl (C=O) groups is 2. The second-order valence-corrected chi connectivity index (χ2v) is 5.95. The van der Waals surface area contributed by atoms with Crippen LogP contribution in [0, 0.1) is 12.7 Å². The molecule has 0 aromatic heterocycles. The van der Waals surface area contributed by atoms with E-state index >= 15 is 0 Å². The average Bonchev–Trinajstić information content (AvgIpc) is 2.70. The van der Waals surface area contributed by atoms with E-state index in [1.54, 1.807) is 42.5 Å². The normalized spacial score (nSPS) is 10.6. The van der Waals surface area contributed by atoms with Gasteiger partial charge in [-0.05, 0) is 60.5 Å². The van der Waals surface area contributed by atoms with Crippen molar-refractivity contribution in [2.75, 3.05) is 0 Å². The van der Waals surface area contributed by atoms with Crippen molar-refractivity contribution in [1.29, 1.82) is 0 Å². The van der Waals surface area contributed by atoms with Gasteiger partial charge in [-0.3, -0.25) is 4.79 Å². The number of hydrogen-bond donors (Lipinski definition) is 1. The number of aryl methyl sites for hydroxylation is 1. The summed E-state index contributed by atoms with van der Waals surface area (Å²) in [7, 11) is 0. The van der Waals surface area contributed by atoms with Crippen LogP contribution in [0.25, 0.3) is 0 Å². The molecule has 0 aliphatic carbocycles. The molecule has 0 saturated carbocycles. The molecule has 0 heterocycles. The van der Waals surface area contributed by atoms with Crippen LogP contribution in [0.5, 0.6) is 5.75 Å². The Bertz CT molecular complexity index is 1030. The third kappa shape index (κ3) is 4.67. The highest BCUT2D eigenvalue weighted by atomic mass is 19.1. The second-order valence-electron chi connectivity index (χ2n) is 5.95. The van der Waals surface area contributed by atoms with Gasteiger partial charge in [-0.15, -0.1) is 0 Å². The molecule has 0 atom stereocenters. The number of benzene rings is 3. The zero-order valence-corrected chi connectivity index (χ0v) is 15.1. The number of rotatable bonds is 5. The van der Waals surface area contributed by atoms with E-state index in [2.05, 4.69) is 10.5 Å². The summed E-state index contributed by atoms with van der Waals surface area (Å²) in [5.74, 6) is -1.44. The molecular formula is C22H17FN2O3. The van der Waals surface area contributed by atoms with Gasteiger partial charge in [-0.2, -0.15) is 5.10 Å². The minimum atomic E-state index is -0.773. The minimum absolute atomic E-state index is 0.132. The van der Waals surface area contributed by atoms with E-state index in [9.17, 15) is 14.0 Å². The molecule has 0 fully saturated rings. The third-order valence-corrected chi connectivity index (χ3v) is 3.95. The molecule has 0 spiro atoms. The van der Waals surface area contributed by atoms with E-state index in [4.69, 9.17) is 4.74 Å². The first-order chi connectivity index (χ1) is 13.5. The lowest BCUT2D eigenvalue weighted by Crippen LogP contribution is -2.18. The molecule has 3 aromatic carbocycles. The van der Waals surface area contributed by atoms with Crippen LogP contribution >= 0.6 is 0 Å². The van der Waals surface area contributed by atoms with Crippen LogP contribution in [0.3, 0.4) is 0 Å². The Morgan fingerprint density at radius 1 is 0.929 bits per heavy atom. The number of hydrogen-bond acceptors (Lipinski definition) is 4. The number of esters is 1. The summed E-state index contributed by atoms with van der Waals surface area (Å²) in [4.78, 5) is 24.1. The highest BCUT2D eigenvalue weighted by Crippen LogP contribution is 2.15. The fraction of sp³-hybridized carbons (Fsp3) is 0.0455. The van der Waals surface area contributed by atoms with Crippen LogP contribution in [-0.2, 0) is 0 Å². The molecule has 1 N–H and O–H groups in total. The third-order valence-electron chi connectivity index (χ3n) is 3.95. The Morgan fingerprint density at radius 2 is 1.57 bits per heavy atom.